The van der Waals surface area contributed by atoms with Crippen molar-refractivity contribution in [3.63, 3.8) is 0 Å². The standard InChI is InChI=1S/C20H36O6/c21-17-13-9-5-1-4-8-12-16-20(24)25-18(22)14-10-6-2-3-7-11-15-19(23)26-20/h21,24H,1-17H2. The summed E-state index contributed by atoms with van der Waals surface area (Å²) in [5, 5.41) is 19.3. The Balaban J connectivity index is 2.41. The van der Waals surface area contributed by atoms with Gasteiger partial charge in [-0.05, 0) is 25.7 Å². The molecule has 0 aromatic heterocycles. The molecule has 0 saturated carbocycles. The van der Waals surface area contributed by atoms with Crippen molar-refractivity contribution in [1.82, 2.24) is 0 Å². The molecule has 0 amide bonds. The maximum absolute atomic E-state index is 11.9. The fourth-order valence-corrected chi connectivity index (χ4v) is 3.17. The Morgan fingerprint density at radius 2 is 1.12 bits per heavy atom. The Labute approximate surface area is 157 Å². The largest absolute Gasteiger partial charge is 0.398 e. The van der Waals surface area contributed by atoms with E-state index in [9.17, 15) is 14.7 Å². The smallest absolute Gasteiger partial charge is 0.373 e. The third-order valence-corrected chi connectivity index (χ3v) is 4.71. The van der Waals surface area contributed by atoms with Crippen LogP contribution < -0.4 is 0 Å². The van der Waals surface area contributed by atoms with Crippen molar-refractivity contribution in [2.45, 2.75) is 109 Å². The second-order valence-electron chi connectivity index (χ2n) is 7.23. The van der Waals surface area contributed by atoms with Crippen LogP contribution in [0.4, 0.5) is 0 Å². The molecule has 0 atom stereocenters. The Bertz CT molecular complexity index is 372. The Morgan fingerprint density at radius 3 is 1.62 bits per heavy atom. The first-order valence-corrected chi connectivity index (χ1v) is 10.3. The van der Waals surface area contributed by atoms with E-state index in [1.165, 1.54) is 0 Å². The molecule has 6 nitrogen and oxygen atoms in total. The Morgan fingerprint density at radius 1 is 0.692 bits per heavy atom. The number of rotatable bonds is 9. The van der Waals surface area contributed by atoms with E-state index in [1.54, 1.807) is 0 Å². The summed E-state index contributed by atoms with van der Waals surface area (Å²) in [5.41, 5.74) is 0. The van der Waals surface area contributed by atoms with Gasteiger partial charge in [0.2, 0.25) is 0 Å². The van der Waals surface area contributed by atoms with Crippen molar-refractivity contribution in [3.8, 4) is 0 Å². The summed E-state index contributed by atoms with van der Waals surface area (Å²) < 4.78 is 10.3. The molecule has 1 aliphatic rings. The summed E-state index contributed by atoms with van der Waals surface area (Å²) in [6.45, 7) is 0.240. The molecule has 1 aliphatic heterocycles. The van der Waals surface area contributed by atoms with Crippen LogP contribution in [-0.2, 0) is 19.1 Å². The van der Waals surface area contributed by atoms with E-state index in [0.29, 0.717) is 6.42 Å². The number of aliphatic hydroxyl groups excluding tert-OH is 1. The van der Waals surface area contributed by atoms with Crippen LogP contribution in [0, 0.1) is 0 Å². The van der Waals surface area contributed by atoms with E-state index < -0.39 is 17.9 Å². The zero-order chi connectivity index (χ0) is 19.1. The quantitative estimate of drug-likeness (QED) is 0.470. The minimum Gasteiger partial charge on any atom is -0.398 e. The SMILES string of the molecule is O=C1CCCCCCCCC(=O)OC(O)(CCCCCCCCCO)O1. The molecule has 152 valence electrons. The molecule has 0 aliphatic carbocycles. The van der Waals surface area contributed by atoms with Gasteiger partial charge in [-0.15, -0.1) is 0 Å². The fourth-order valence-electron chi connectivity index (χ4n) is 3.17. The monoisotopic (exact) mass is 372 g/mol. The number of aliphatic hydroxyl groups is 2. The van der Waals surface area contributed by atoms with Crippen molar-refractivity contribution in [1.29, 1.82) is 0 Å². The molecule has 2 N–H and O–H groups in total. The Hall–Kier alpha value is -1.14. The average molecular weight is 373 g/mol. The third-order valence-electron chi connectivity index (χ3n) is 4.71. The first kappa shape index (κ1) is 22.9. The molecule has 1 fully saturated rings. The van der Waals surface area contributed by atoms with E-state index in [1.807, 2.05) is 0 Å². The molecule has 1 rings (SSSR count). The number of carbonyl (C=O) groups excluding carboxylic acids is 2. The fraction of sp³-hybridized carbons (Fsp3) is 0.900. The van der Waals surface area contributed by atoms with E-state index in [0.717, 1.165) is 77.0 Å². The number of unbranched alkanes of at least 4 members (excludes halogenated alkanes) is 6. The van der Waals surface area contributed by atoms with Crippen LogP contribution in [0.5, 0.6) is 0 Å². The maximum Gasteiger partial charge on any atom is 0.373 e. The van der Waals surface area contributed by atoms with Crippen molar-refractivity contribution in [2.75, 3.05) is 6.61 Å². The number of esters is 2. The van der Waals surface area contributed by atoms with E-state index in [2.05, 4.69) is 0 Å². The highest BCUT2D eigenvalue weighted by Crippen LogP contribution is 2.23. The van der Waals surface area contributed by atoms with Gasteiger partial charge in [0.25, 0.3) is 0 Å². The lowest BCUT2D eigenvalue weighted by Crippen LogP contribution is -2.40. The van der Waals surface area contributed by atoms with Gasteiger partial charge in [0.15, 0.2) is 0 Å². The van der Waals surface area contributed by atoms with E-state index in [-0.39, 0.29) is 25.9 Å². The zero-order valence-electron chi connectivity index (χ0n) is 16.0. The predicted octanol–water partition coefficient (Wildman–Crippen LogP) is 3.97. The highest BCUT2D eigenvalue weighted by molar-refractivity contribution is 5.71. The molecule has 1 saturated heterocycles. The normalized spacial score (nSPS) is 19.6. The predicted molar refractivity (Wildman–Crippen MR) is 98.1 cm³/mol. The van der Waals surface area contributed by atoms with Gasteiger partial charge in [0.1, 0.15) is 0 Å². The molecule has 1 heterocycles. The summed E-state index contributed by atoms with van der Waals surface area (Å²) in [4.78, 5) is 23.9. The van der Waals surface area contributed by atoms with E-state index >= 15 is 0 Å². The van der Waals surface area contributed by atoms with Gasteiger partial charge in [0, 0.05) is 19.4 Å². The minimum absolute atomic E-state index is 0.112. The molecular weight excluding hydrogens is 336 g/mol. The van der Waals surface area contributed by atoms with Gasteiger partial charge in [-0.25, -0.2) is 0 Å². The van der Waals surface area contributed by atoms with Crippen LogP contribution in [0.3, 0.4) is 0 Å². The van der Waals surface area contributed by atoms with Gasteiger partial charge >= 0.3 is 17.9 Å². The van der Waals surface area contributed by atoms with Crippen molar-refractivity contribution >= 4 is 11.9 Å². The topological polar surface area (TPSA) is 93.1 Å². The number of carbonyl (C=O) groups is 2. The first-order valence-electron chi connectivity index (χ1n) is 10.3. The first-order chi connectivity index (χ1) is 12.6. The number of cyclic esters (lactones) is 2. The summed E-state index contributed by atoms with van der Waals surface area (Å²) in [6.07, 6.45) is 12.6. The summed E-state index contributed by atoms with van der Waals surface area (Å²) in [5.74, 6) is -3.15. The van der Waals surface area contributed by atoms with Gasteiger partial charge in [-0.1, -0.05) is 57.8 Å². The number of ether oxygens (including phenoxy) is 2. The Kier molecular flexibility index (Phi) is 12.3. The highest BCUT2D eigenvalue weighted by Gasteiger charge is 2.35. The minimum atomic E-state index is -2.13. The van der Waals surface area contributed by atoms with Gasteiger partial charge in [0.05, 0.1) is 6.42 Å². The molecule has 0 aromatic rings. The van der Waals surface area contributed by atoms with Crippen LogP contribution >= 0.6 is 0 Å². The second-order valence-corrected chi connectivity index (χ2v) is 7.23. The summed E-state index contributed by atoms with van der Waals surface area (Å²) >= 11 is 0. The van der Waals surface area contributed by atoms with Gasteiger partial charge in [-0.2, -0.15) is 0 Å². The van der Waals surface area contributed by atoms with Crippen LogP contribution in [0.15, 0.2) is 0 Å². The molecule has 6 heteroatoms. The lowest BCUT2D eigenvalue weighted by Gasteiger charge is -2.27. The molecule has 0 radical (unpaired) electrons. The molecular formula is C20H36O6. The molecule has 0 unspecified atom stereocenters. The van der Waals surface area contributed by atoms with Crippen molar-refractivity contribution in [3.05, 3.63) is 0 Å². The number of hydrogen-bond acceptors (Lipinski definition) is 6. The second kappa shape index (κ2) is 14.0. The summed E-state index contributed by atoms with van der Waals surface area (Å²) in [6, 6.07) is 0. The average Bonchev–Trinajstić information content (AvgIpc) is 2.59. The van der Waals surface area contributed by atoms with Gasteiger partial charge < -0.3 is 19.7 Å². The lowest BCUT2D eigenvalue weighted by molar-refractivity contribution is -0.328. The molecule has 0 bridgehead atoms. The number of hydrogen-bond donors (Lipinski definition) is 2. The van der Waals surface area contributed by atoms with E-state index in [4.69, 9.17) is 14.6 Å². The van der Waals surface area contributed by atoms with Crippen LogP contribution in [-0.4, -0.2) is 34.7 Å². The molecule has 26 heavy (non-hydrogen) atoms. The van der Waals surface area contributed by atoms with Crippen molar-refractivity contribution < 1.29 is 29.3 Å². The maximum atomic E-state index is 11.9. The molecule has 0 spiro atoms. The molecule has 0 aromatic carbocycles. The van der Waals surface area contributed by atoms with Crippen LogP contribution in [0.1, 0.15) is 103 Å². The highest BCUT2D eigenvalue weighted by atomic mass is 16.8. The lowest BCUT2D eigenvalue weighted by atomic mass is 10.1. The zero-order valence-corrected chi connectivity index (χ0v) is 16.0. The van der Waals surface area contributed by atoms with Crippen LogP contribution in [0.25, 0.3) is 0 Å². The van der Waals surface area contributed by atoms with Gasteiger partial charge in [-0.3, -0.25) is 9.59 Å². The van der Waals surface area contributed by atoms with Crippen molar-refractivity contribution in [2.24, 2.45) is 0 Å². The summed E-state index contributed by atoms with van der Waals surface area (Å²) in [7, 11) is 0. The van der Waals surface area contributed by atoms with Crippen LogP contribution in [0.2, 0.25) is 0 Å². The third kappa shape index (κ3) is 11.5.